The lowest BCUT2D eigenvalue weighted by atomic mass is 9.77. The highest BCUT2D eigenvalue weighted by Crippen LogP contribution is 2.57. The van der Waals surface area contributed by atoms with Crippen LogP contribution in [0.2, 0.25) is 0 Å². The van der Waals surface area contributed by atoms with Crippen LogP contribution in [0.25, 0.3) is 0 Å². The summed E-state index contributed by atoms with van der Waals surface area (Å²) in [7, 11) is 0. The van der Waals surface area contributed by atoms with Crippen LogP contribution < -0.4 is 9.47 Å². The topological polar surface area (TPSA) is 221 Å². The molecule has 2 aliphatic rings. The van der Waals surface area contributed by atoms with Gasteiger partial charge in [0.15, 0.2) is 29.1 Å². The third-order valence-electron chi connectivity index (χ3n) is 7.67. The molecule has 42 heavy (non-hydrogen) atoms. The molecular formula is C30H26O12. The second-order valence-corrected chi connectivity index (χ2v) is 10.3. The van der Waals surface area contributed by atoms with Gasteiger partial charge in [-0.25, -0.2) is 0 Å². The van der Waals surface area contributed by atoms with E-state index in [0.717, 1.165) is 12.1 Å². The van der Waals surface area contributed by atoms with Crippen LogP contribution in [0.15, 0.2) is 54.6 Å². The van der Waals surface area contributed by atoms with Gasteiger partial charge in [-0.2, -0.15) is 0 Å². The van der Waals surface area contributed by atoms with Gasteiger partial charge in [-0.3, -0.25) is 0 Å². The number of phenolic OH excluding ortho intramolecular Hbond substituents is 8. The molecule has 4 aromatic rings. The Morgan fingerprint density at radius 1 is 0.548 bits per heavy atom. The SMILES string of the molecule is Oc1cc(O)c2c(c1)OC(c1ccc(O)c(O)c1)[C@H](O)[C@H]2c1c(O)cc(O)c2c1OC(c1ccc(O)c(O)c1)[C@H](O)C2. The monoisotopic (exact) mass is 578 g/mol. The molecule has 10 N–H and O–H groups in total. The van der Waals surface area contributed by atoms with Crippen molar-refractivity contribution in [2.75, 3.05) is 0 Å². The second-order valence-electron chi connectivity index (χ2n) is 10.3. The minimum atomic E-state index is -1.59. The number of ether oxygens (including phenoxy) is 2. The van der Waals surface area contributed by atoms with Crippen LogP contribution in [0.1, 0.15) is 45.9 Å². The van der Waals surface area contributed by atoms with E-state index in [2.05, 4.69) is 0 Å². The van der Waals surface area contributed by atoms with Crippen LogP contribution in [0.3, 0.4) is 0 Å². The molecule has 6 rings (SSSR count). The number of hydrogen-bond donors (Lipinski definition) is 10. The Balaban J connectivity index is 1.55. The minimum absolute atomic E-state index is 0.0312. The van der Waals surface area contributed by atoms with E-state index in [1.54, 1.807) is 0 Å². The minimum Gasteiger partial charge on any atom is -0.508 e. The van der Waals surface area contributed by atoms with E-state index < -0.39 is 70.6 Å². The Kier molecular flexibility index (Phi) is 6.24. The Hall–Kier alpha value is -5.20. The van der Waals surface area contributed by atoms with E-state index >= 15 is 0 Å². The summed E-state index contributed by atoms with van der Waals surface area (Å²) in [6, 6.07) is 10.8. The standard InChI is InChI=1S/C30H26O12/c31-13-7-20(37)24-23(8-13)41-29(12-2-4-16(33)19(36)6-12)27(40)26(24)25-21(38)10-17(34)14-9-22(39)28(42-30(14)25)11-1-3-15(32)18(35)5-11/h1-8,10,22,26-29,31-40H,9H2/t22-,26-,27-,28?,29?/m1/s1. The van der Waals surface area contributed by atoms with Crippen LogP contribution in [0, 0.1) is 0 Å². The molecule has 0 saturated carbocycles. The van der Waals surface area contributed by atoms with E-state index in [1.165, 1.54) is 42.5 Å². The normalized spacial score (nSPS) is 22.9. The first kappa shape index (κ1) is 27.0. The summed E-state index contributed by atoms with van der Waals surface area (Å²) < 4.78 is 12.1. The lowest BCUT2D eigenvalue weighted by Crippen LogP contribution is -2.36. The van der Waals surface area contributed by atoms with Crippen molar-refractivity contribution >= 4 is 0 Å². The maximum atomic E-state index is 11.8. The first-order valence-corrected chi connectivity index (χ1v) is 12.8. The predicted octanol–water partition coefficient (Wildman–Crippen LogP) is 3.00. The number of aliphatic hydroxyl groups is 2. The molecular weight excluding hydrogens is 552 g/mol. The Morgan fingerprint density at radius 2 is 1.14 bits per heavy atom. The lowest BCUT2D eigenvalue weighted by molar-refractivity contribution is 0.00115. The average Bonchev–Trinajstić information content (AvgIpc) is 2.93. The van der Waals surface area contributed by atoms with Gasteiger partial charge in [-0.1, -0.05) is 12.1 Å². The third-order valence-corrected chi connectivity index (χ3v) is 7.67. The van der Waals surface area contributed by atoms with Gasteiger partial charge in [0.1, 0.15) is 46.7 Å². The highest BCUT2D eigenvalue weighted by molar-refractivity contribution is 5.65. The van der Waals surface area contributed by atoms with Crippen molar-refractivity contribution in [1.29, 1.82) is 0 Å². The number of hydrogen-bond acceptors (Lipinski definition) is 12. The quantitative estimate of drug-likeness (QED) is 0.159. The molecule has 0 aliphatic carbocycles. The number of benzene rings is 4. The van der Waals surface area contributed by atoms with Crippen LogP contribution in [-0.4, -0.2) is 63.3 Å². The van der Waals surface area contributed by atoms with E-state index in [1.807, 2.05) is 0 Å². The second kappa shape index (κ2) is 9.72. The van der Waals surface area contributed by atoms with Gasteiger partial charge in [-0.15, -0.1) is 0 Å². The number of aliphatic hydroxyl groups excluding tert-OH is 2. The molecule has 2 unspecified atom stereocenters. The van der Waals surface area contributed by atoms with Crippen molar-refractivity contribution in [1.82, 2.24) is 0 Å². The van der Waals surface area contributed by atoms with Gasteiger partial charge in [0.25, 0.3) is 0 Å². The summed E-state index contributed by atoms with van der Waals surface area (Å²) >= 11 is 0. The van der Waals surface area contributed by atoms with Crippen molar-refractivity contribution in [2.45, 2.75) is 36.8 Å². The number of aromatic hydroxyl groups is 8. The summed E-state index contributed by atoms with van der Waals surface area (Å²) in [4.78, 5) is 0. The maximum Gasteiger partial charge on any atom is 0.157 e. The van der Waals surface area contributed by atoms with Crippen LogP contribution in [0.5, 0.6) is 57.5 Å². The fourth-order valence-electron chi connectivity index (χ4n) is 5.71. The molecule has 0 aromatic heterocycles. The van der Waals surface area contributed by atoms with E-state index in [0.29, 0.717) is 0 Å². The van der Waals surface area contributed by atoms with Gasteiger partial charge < -0.3 is 60.5 Å². The zero-order valence-electron chi connectivity index (χ0n) is 21.6. The molecule has 0 fully saturated rings. The van der Waals surface area contributed by atoms with Crippen molar-refractivity contribution in [3.8, 4) is 57.5 Å². The molecule has 4 aromatic carbocycles. The molecule has 218 valence electrons. The molecule has 12 heteroatoms. The number of phenols is 8. The Bertz CT molecular complexity index is 1720. The van der Waals surface area contributed by atoms with Gasteiger partial charge in [-0.05, 0) is 35.4 Å². The summed E-state index contributed by atoms with van der Waals surface area (Å²) in [5.41, 5.74) is 0.435. The zero-order valence-corrected chi connectivity index (χ0v) is 21.6. The highest BCUT2D eigenvalue weighted by atomic mass is 16.5. The van der Waals surface area contributed by atoms with Crippen molar-refractivity contribution in [3.05, 3.63) is 82.4 Å². The van der Waals surface area contributed by atoms with Crippen LogP contribution in [-0.2, 0) is 6.42 Å². The molecule has 0 saturated heterocycles. The summed E-state index contributed by atoms with van der Waals surface area (Å²) in [5, 5.41) is 105. The lowest BCUT2D eigenvalue weighted by Gasteiger charge is -2.40. The first-order chi connectivity index (χ1) is 19.9. The largest absolute Gasteiger partial charge is 0.508 e. The third kappa shape index (κ3) is 4.24. The Labute approximate surface area is 237 Å². The average molecular weight is 579 g/mol. The summed E-state index contributed by atoms with van der Waals surface area (Å²) in [6.07, 6.45) is -5.43. The molecule has 2 heterocycles. The highest BCUT2D eigenvalue weighted by Gasteiger charge is 2.46. The summed E-state index contributed by atoms with van der Waals surface area (Å²) in [5.74, 6) is -5.08. The van der Waals surface area contributed by atoms with Crippen LogP contribution in [0.4, 0.5) is 0 Å². The fourth-order valence-corrected chi connectivity index (χ4v) is 5.71. The predicted molar refractivity (Wildman–Crippen MR) is 143 cm³/mol. The Morgan fingerprint density at radius 3 is 1.76 bits per heavy atom. The van der Waals surface area contributed by atoms with Gasteiger partial charge in [0.2, 0.25) is 0 Å². The smallest absolute Gasteiger partial charge is 0.157 e. The van der Waals surface area contributed by atoms with E-state index in [-0.39, 0.29) is 51.5 Å². The fraction of sp³-hybridized carbons (Fsp3) is 0.200. The van der Waals surface area contributed by atoms with E-state index in [4.69, 9.17) is 9.47 Å². The van der Waals surface area contributed by atoms with Gasteiger partial charge in [0.05, 0.1) is 12.0 Å². The van der Waals surface area contributed by atoms with Crippen molar-refractivity contribution < 1.29 is 60.5 Å². The van der Waals surface area contributed by atoms with Crippen LogP contribution >= 0.6 is 0 Å². The van der Waals surface area contributed by atoms with Crippen molar-refractivity contribution in [3.63, 3.8) is 0 Å². The molecule has 12 nitrogen and oxygen atoms in total. The summed E-state index contributed by atoms with van der Waals surface area (Å²) in [6.45, 7) is 0. The molecule has 2 aliphatic heterocycles. The molecule has 0 amide bonds. The first-order valence-electron chi connectivity index (χ1n) is 12.8. The van der Waals surface area contributed by atoms with Gasteiger partial charge >= 0.3 is 0 Å². The molecule has 5 atom stereocenters. The number of fused-ring (bicyclic) bond motifs is 2. The zero-order chi connectivity index (χ0) is 30.0. The molecule has 0 bridgehead atoms. The van der Waals surface area contributed by atoms with Gasteiger partial charge in [0, 0.05) is 41.3 Å². The van der Waals surface area contributed by atoms with E-state index in [9.17, 15) is 51.1 Å². The maximum absolute atomic E-state index is 11.8. The molecule has 0 radical (unpaired) electrons. The number of rotatable bonds is 3. The molecule has 0 spiro atoms. The van der Waals surface area contributed by atoms with Crippen molar-refractivity contribution in [2.24, 2.45) is 0 Å².